The van der Waals surface area contributed by atoms with E-state index < -0.39 is 0 Å². The minimum absolute atomic E-state index is 0. The topological polar surface area (TPSA) is 77.2 Å². The van der Waals surface area contributed by atoms with Crippen molar-refractivity contribution < 1.29 is 9.59 Å². The van der Waals surface area contributed by atoms with Gasteiger partial charge in [-0.3, -0.25) is 14.5 Å². The molecule has 0 atom stereocenters. The van der Waals surface area contributed by atoms with E-state index in [-0.39, 0.29) is 24.1 Å². The second kappa shape index (κ2) is 9.05. The van der Waals surface area contributed by atoms with Gasteiger partial charge in [-0.05, 0) is 25.8 Å². The lowest BCUT2D eigenvalue weighted by Crippen LogP contribution is -2.46. The Morgan fingerprint density at radius 3 is 2.48 bits per heavy atom. The second-order valence-corrected chi connectivity index (χ2v) is 5.74. The Hall–Kier alpha value is -1.37. The van der Waals surface area contributed by atoms with Crippen molar-refractivity contribution >= 4 is 24.1 Å². The lowest BCUT2D eigenvalue weighted by molar-refractivity contribution is 0.0941. The first kappa shape index (κ1) is 19.7. The van der Waals surface area contributed by atoms with E-state index in [1.807, 2.05) is 13.8 Å². The van der Waals surface area contributed by atoms with E-state index in [2.05, 4.69) is 20.5 Å². The number of nitrogens with one attached hydrogen (secondary N) is 3. The van der Waals surface area contributed by atoms with Crippen LogP contribution >= 0.6 is 12.4 Å². The summed E-state index contributed by atoms with van der Waals surface area (Å²) in [6.45, 7) is 10.9. The highest BCUT2D eigenvalue weighted by Crippen LogP contribution is 2.20. The fraction of sp³-hybridized carbons (Fsp3) is 0.625. The molecule has 1 aliphatic heterocycles. The molecule has 2 heterocycles. The van der Waals surface area contributed by atoms with Gasteiger partial charge < -0.3 is 15.6 Å². The molecule has 0 radical (unpaired) electrons. The van der Waals surface area contributed by atoms with Crippen molar-refractivity contribution in [3.63, 3.8) is 0 Å². The molecule has 0 aliphatic carbocycles. The van der Waals surface area contributed by atoms with Gasteiger partial charge in [0.15, 0.2) is 5.78 Å². The number of amides is 1. The first-order valence-corrected chi connectivity index (χ1v) is 7.98. The number of halogens is 1. The number of Topliss-reactive ketones (excluding diaryl/α,β-unsaturated/α-hetero) is 1. The maximum atomic E-state index is 12.4. The van der Waals surface area contributed by atoms with Gasteiger partial charge in [0, 0.05) is 50.5 Å². The minimum Gasteiger partial charge on any atom is -0.354 e. The summed E-state index contributed by atoms with van der Waals surface area (Å²) in [6.07, 6.45) is 0.666. The fourth-order valence-corrected chi connectivity index (χ4v) is 3.05. The number of rotatable bonds is 6. The summed E-state index contributed by atoms with van der Waals surface area (Å²) < 4.78 is 0. The van der Waals surface area contributed by atoms with Gasteiger partial charge in [-0.2, -0.15) is 0 Å². The number of aromatic amines is 1. The SMILES string of the molecule is CCc1c(C(=O)NCCN2CCNCC2)[nH]c(C)c1C(C)=O.Cl. The van der Waals surface area contributed by atoms with Gasteiger partial charge in [-0.25, -0.2) is 0 Å². The molecular formula is C16H27ClN4O2. The van der Waals surface area contributed by atoms with Crippen LogP contribution in [0.25, 0.3) is 0 Å². The fourth-order valence-electron chi connectivity index (χ4n) is 3.05. The number of H-pyrrole nitrogens is 1. The summed E-state index contributed by atoms with van der Waals surface area (Å²) in [5, 5.41) is 6.27. The highest BCUT2D eigenvalue weighted by atomic mass is 35.5. The number of ketones is 1. The van der Waals surface area contributed by atoms with Crippen molar-refractivity contribution in [3.8, 4) is 0 Å². The van der Waals surface area contributed by atoms with Crippen molar-refractivity contribution in [2.45, 2.75) is 27.2 Å². The van der Waals surface area contributed by atoms with E-state index >= 15 is 0 Å². The normalized spacial score (nSPS) is 15.1. The number of hydrogen-bond donors (Lipinski definition) is 3. The van der Waals surface area contributed by atoms with Crippen molar-refractivity contribution in [2.75, 3.05) is 39.3 Å². The molecule has 0 spiro atoms. The molecule has 1 aromatic heterocycles. The summed E-state index contributed by atoms with van der Waals surface area (Å²) in [5.74, 6) is -0.118. The molecule has 0 unspecified atom stereocenters. The number of carbonyl (C=O) groups excluding carboxylic acids is 2. The number of piperazine rings is 1. The van der Waals surface area contributed by atoms with Crippen molar-refractivity contribution in [3.05, 3.63) is 22.5 Å². The molecule has 130 valence electrons. The predicted octanol–water partition coefficient (Wildman–Crippen LogP) is 1.14. The molecule has 3 N–H and O–H groups in total. The van der Waals surface area contributed by atoms with Gasteiger partial charge in [0.05, 0.1) is 0 Å². The molecule has 1 amide bonds. The number of nitrogens with zero attached hydrogens (tertiary/aromatic N) is 1. The van der Waals surface area contributed by atoms with E-state index in [1.54, 1.807) is 6.92 Å². The monoisotopic (exact) mass is 342 g/mol. The van der Waals surface area contributed by atoms with Crippen LogP contribution in [0.4, 0.5) is 0 Å². The lowest BCUT2D eigenvalue weighted by atomic mass is 10.0. The molecule has 1 aliphatic rings. The average molecular weight is 343 g/mol. The molecule has 0 bridgehead atoms. The molecule has 2 rings (SSSR count). The predicted molar refractivity (Wildman–Crippen MR) is 93.8 cm³/mol. The van der Waals surface area contributed by atoms with E-state index in [4.69, 9.17) is 0 Å². The number of carbonyl (C=O) groups is 2. The Bertz CT molecular complexity index is 551. The van der Waals surface area contributed by atoms with Crippen LogP contribution in [0.2, 0.25) is 0 Å². The van der Waals surface area contributed by atoms with Gasteiger partial charge in [0.25, 0.3) is 5.91 Å². The highest BCUT2D eigenvalue weighted by Gasteiger charge is 2.21. The van der Waals surface area contributed by atoms with Crippen LogP contribution < -0.4 is 10.6 Å². The van der Waals surface area contributed by atoms with Gasteiger partial charge in [0.2, 0.25) is 0 Å². The summed E-state index contributed by atoms with van der Waals surface area (Å²) in [5.41, 5.74) is 2.79. The van der Waals surface area contributed by atoms with Crippen LogP contribution in [-0.2, 0) is 6.42 Å². The Kier molecular flexibility index (Phi) is 7.75. The van der Waals surface area contributed by atoms with E-state index in [9.17, 15) is 9.59 Å². The molecule has 7 heteroatoms. The van der Waals surface area contributed by atoms with Crippen LogP contribution in [0.1, 0.15) is 46.0 Å². The number of aryl methyl sites for hydroxylation is 1. The molecule has 1 fully saturated rings. The smallest absolute Gasteiger partial charge is 0.268 e. The van der Waals surface area contributed by atoms with Crippen LogP contribution in [0.3, 0.4) is 0 Å². The summed E-state index contributed by atoms with van der Waals surface area (Å²) in [7, 11) is 0. The van der Waals surface area contributed by atoms with Crippen LogP contribution in [0.15, 0.2) is 0 Å². The first-order chi connectivity index (χ1) is 10.5. The Morgan fingerprint density at radius 1 is 1.26 bits per heavy atom. The Balaban J connectivity index is 0.00000264. The summed E-state index contributed by atoms with van der Waals surface area (Å²) in [4.78, 5) is 29.5. The van der Waals surface area contributed by atoms with Gasteiger partial charge in [-0.1, -0.05) is 6.92 Å². The summed E-state index contributed by atoms with van der Waals surface area (Å²) >= 11 is 0. The van der Waals surface area contributed by atoms with E-state index in [1.165, 1.54) is 0 Å². The Labute approximate surface area is 143 Å². The molecule has 6 nitrogen and oxygen atoms in total. The highest BCUT2D eigenvalue weighted by molar-refractivity contribution is 6.02. The molecular weight excluding hydrogens is 316 g/mol. The molecule has 0 aromatic carbocycles. The summed E-state index contributed by atoms with van der Waals surface area (Å²) in [6, 6.07) is 0. The second-order valence-electron chi connectivity index (χ2n) is 5.74. The minimum atomic E-state index is -0.123. The standard InChI is InChI=1S/C16H26N4O2.ClH/c1-4-13-14(12(3)21)11(2)19-15(13)16(22)18-7-10-20-8-5-17-6-9-20;/h17,19H,4-10H2,1-3H3,(H,18,22);1H. The van der Waals surface area contributed by atoms with Gasteiger partial charge in [-0.15, -0.1) is 12.4 Å². The largest absolute Gasteiger partial charge is 0.354 e. The number of aromatic nitrogens is 1. The van der Waals surface area contributed by atoms with E-state index in [0.717, 1.165) is 44.0 Å². The zero-order chi connectivity index (χ0) is 16.1. The molecule has 0 saturated carbocycles. The first-order valence-electron chi connectivity index (χ1n) is 7.98. The Morgan fingerprint density at radius 2 is 1.91 bits per heavy atom. The van der Waals surface area contributed by atoms with Crippen LogP contribution in [0.5, 0.6) is 0 Å². The van der Waals surface area contributed by atoms with Crippen molar-refractivity contribution in [1.82, 2.24) is 20.5 Å². The zero-order valence-corrected chi connectivity index (χ0v) is 14.9. The third-order valence-electron chi connectivity index (χ3n) is 4.15. The lowest BCUT2D eigenvalue weighted by Gasteiger charge is -2.27. The molecule has 1 saturated heterocycles. The van der Waals surface area contributed by atoms with E-state index in [0.29, 0.717) is 24.2 Å². The average Bonchev–Trinajstić information content (AvgIpc) is 2.85. The maximum Gasteiger partial charge on any atom is 0.268 e. The van der Waals surface area contributed by atoms with Gasteiger partial charge in [0.1, 0.15) is 5.69 Å². The quantitative estimate of drug-likeness (QED) is 0.678. The molecule has 23 heavy (non-hydrogen) atoms. The van der Waals surface area contributed by atoms with Crippen LogP contribution in [-0.4, -0.2) is 60.8 Å². The van der Waals surface area contributed by atoms with Gasteiger partial charge >= 0.3 is 0 Å². The van der Waals surface area contributed by atoms with Crippen molar-refractivity contribution in [1.29, 1.82) is 0 Å². The third kappa shape index (κ3) is 4.80. The number of hydrogen-bond acceptors (Lipinski definition) is 4. The van der Waals surface area contributed by atoms with Crippen LogP contribution in [0, 0.1) is 6.92 Å². The zero-order valence-electron chi connectivity index (χ0n) is 14.1. The molecule has 1 aromatic rings. The van der Waals surface area contributed by atoms with Crippen molar-refractivity contribution in [2.24, 2.45) is 0 Å². The third-order valence-corrected chi connectivity index (χ3v) is 4.15. The maximum absolute atomic E-state index is 12.4.